The second-order valence-corrected chi connectivity index (χ2v) is 7.74. The maximum absolute atomic E-state index is 13.1. The molecule has 0 saturated carbocycles. The summed E-state index contributed by atoms with van der Waals surface area (Å²) in [6, 6.07) is 19.0. The fourth-order valence-corrected chi connectivity index (χ4v) is 4.17. The Kier molecular flexibility index (Phi) is 5.91. The van der Waals surface area contributed by atoms with Gasteiger partial charge in [0, 0.05) is 48.6 Å². The minimum atomic E-state index is -0.171. The molecule has 0 aliphatic carbocycles. The average molecular weight is 422 g/mol. The summed E-state index contributed by atoms with van der Waals surface area (Å²) in [6.45, 7) is 4.75. The summed E-state index contributed by atoms with van der Waals surface area (Å²) in [6.07, 6.45) is 0.529. The van der Waals surface area contributed by atoms with E-state index in [4.69, 9.17) is 11.6 Å². The molecule has 0 spiro atoms. The van der Waals surface area contributed by atoms with Crippen LogP contribution in [0.2, 0.25) is 5.02 Å². The fourth-order valence-electron chi connectivity index (χ4n) is 3.93. The van der Waals surface area contributed by atoms with E-state index in [1.165, 1.54) is 0 Å². The van der Waals surface area contributed by atoms with Crippen molar-refractivity contribution in [3.8, 4) is 0 Å². The van der Waals surface area contributed by atoms with E-state index in [0.717, 1.165) is 35.2 Å². The van der Waals surface area contributed by atoms with Gasteiger partial charge in [-0.1, -0.05) is 54.9 Å². The van der Waals surface area contributed by atoms with Crippen LogP contribution in [0.1, 0.15) is 23.7 Å². The number of piperazine rings is 1. The number of rotatable bonds is 4. The quantitative estimate of drug-likeness (QED) is 0.658. The molecule has 0 radical (unpaired) electrons. The zero-order chi connectivity index (χ0) is 21.1. The number of benzene rings is 3. The van der Waals surface area contributed by atoms with Gasteiger partial charge in [-0.25, -0.2) is 0 Å². The van der Waals surface area contributed by atoms with Crippen molar-refractivity contribution in [1.82, 2.24) is 4.90 Å². The lowest BCUT2D eigenvalue weighted by molar-refractivity contribution is -0.131. The summed E-state index contributed by atoms with van der Waals surface area (Å²) in [5.41, 5.74) is 2.31. The molecule has 1 aliphatic heterocycles. The zero-order valence-electron chi connectivity index (χ0n) is 16.9. The Morgan fingerprint density at radius 2 is 1.60 bits per heavy atom. The molecule has 0 bridgehead atoms. The van der Waals surface area contributed by atoms with Crippen molar-refractivity contribution in [2.24, 2.45) is 0 Å². The van der Waals surface area contributed by atoms with Crippen molar-refractivity contribution in [3.05, 3.63) is 71.2 Å². The second kappa shape index (κ2) is 8.76. The molecule has 1 heterocycles. The molecule has 1 fully saturated rings. The SMILES string of the molecule is CCC(=O)N1CCN(c2ccccc2NC(=O)c2cccc3c(Cl)cccc23)CC1. The highest BCUT2D eigenvalue weighted by Gasteiger charge is 2.22. The van der Waals surface area contributed by atoms with E-state index in [1.54, 1.807) is 0 Å². The third kappa shape index (κ3) is 3.98. The van der Waals surface area contributed by atoms with Crippen LogP contribution in [0.5, 0.6) is 0 Å². The monoisotopic (exact) mass is 421 g/mol. The van der Waals surface area contributed by atoms with Gasteiger partial charge in [0.25, 0.3) is 5.91 Å². The van der Waals surface area contributed by atoms with Crippen LogP contribution in [0.4, 0.5) is 11.4 Å². The topological polar surface area (TPSA) is 52.7 Å². The Hall–Kier alpha value is -3.05. The van der Waals surface area contributed by atoms with E-state index in [2.05, 4.69) is 10.2 Å². The molecule has 30 heavy (non-hydrogen) atoms. The summed E-state index contributed by atoms with van der Waals surface area (Å²) in [7, 11) is 0. The van der Waals surface area contributed by atoms with Crippen molar-refractivity contribution in [2.45, 2.75) is 13.3 Å². The molecule has 3 aromatic carbocycles. The Balaban J connectivity index is 1.56. The lowest BCUT2D eigenvalue weighted by Crippen LogP contribution is -2.48. The van der Waals surface area contributed by atoms with Crippen LogP contribution in [0.3, 0.4) is 0 Å². The number of hydrogen-bond donors (Lipinski definition) is 1. The molecule has 1 saturated heterocycles. The Labute approximate surface area is 181 Å². The molecule has 0 aromatic heterocycles. The van der Waals surface area contributed by atoms with E-state index in [1.807, 2.05) is 72.5 Å². The zero-order valence-corrected chi connectivity index (χ0v) is 17.7. The van der Waals surface area contributed by atoms with Crippen LogP contribution < -0.4 is 10.2 Å². The highest BCUT2D eigenvalue weighted by atomic mass is 35.5. The molecule has 154 valence electrons. The third-order valence-corrected chi connectivity index (χ3v) is 5.87. The van der Waals surface area contributed by atoms with Crippen molar-refractivity contribution < 1.29 is 9.59 Å². The van der Waals surface area contributed by atoms with E-state index >= 15 is 0 Å². The summed E-state index contributed by atoms with van der Waals surface area (Å²) in [5, 5.41) is 5.39. The van der Waals surface area contributed by atoms with E-state index in [9.17, 15) is 9.59 Å². The van der Waals surface area contributed by atoms with Gasteiger partial charge in [0.15, 0.2) is 0 Å². The van der Waals surface area contributed by atoms with E-state index < -0.39 is 0 Å². The van der Waals surface area contributed by atoms with Crippen LogP contribution >= 0.6 is 11.6 Å². The number of nitrogens with zero attached hydrogens (tertiary/aromatic N) is 2. The number of hydrogen-bond acceptors (Lipinski definition) is 3. The van der Waals surface area contributed by atoms with E-state index in [-0.39, 0.29) is 11.8 Å². The van der Waals surface area contributed by atoms with Crippen LogP contribution in [0.25, 0.3) is 10.8 Å². The molecular formula is C24H24ClN3O2. The van der Waals surface area contributed by atoms with Gasteiger partial charge in [0.1, 0.15) is 0 Å². The van der Waals surface area contributed by atoms with Crippen LogP contribution in [-0.2, 0) is 4.79 Å². The first-order valence-corrected chi connectivity index (χ1v) is 10.6. The van der Waals surface area contributed by atoms with Crippen LogP contribution in [0, 0.1) is 0 Å². The molecule has 6 heteroatoms. The highest BCUT2D eigenvalue weighted by molar-refractivity contribution is 6.36. The first-order valence-electron chi connectivity index (χ1n) is 10.2. The third-order valence-electron chi connectivity index (χ3n) is 5.54. The van der Waals surface area contributed by atoms with Gasteiger partial charge in [-0.15, -0.1) is 0 Å². The summed E-state index contributed by atoms with van der Waals surface area (Å²) in [5.74, 6) is 0.0148. The number of nitrogens with one attached hydrogen (secondary N) is 1. The van der Waals surface area contributed by atoms with Crippen molar-refractivity contribution >= 4 is 45.6 Å². The first kappa shape index (κ1) is 20.2. The highest BCUT2D eigenvalue weighted by Crippen LogP contribution is 2.30. The average Bonchev–Trinajstić information content (AvgIpc) is 2.79. The maximum Gasteiger partial charge on any atom is 0.256 e. The van der Waals surface area contributed by atoms with Gasteiger partial charge in [0.05, 0.1) is 11.4 Å². The molecule has 1 aliphatic rings. The number of carbonyl (C=O) groups excluding carboxylic acids is 2. The number of fused-ring (bicyclic) bond motifs is 1. The Morgan fingerprint density at radius 3 is 2.37 bits per heavy atom. The Morgan fingerprint density at radius 1 is 0.900 bits per heavy atom. The molecule has 3 aromatic rings. The summed E-state index contributed by atoms with van der Waals surface area (Å²) < 4.78 is 0. The standard InChI is InChI=1S/C24H24ClN3O2/c1-2-23(29)28-15-13-27(14-16-28)22-12-4-3-11-21(22)26-24(30)19-9-5-8-18-17(19)7-6-10-20(18)25/h3-12H,2,13-16H2,1H3,(H,26,30). The number of anilines is 2. The van der Waals surface area contributed by atoms with Gasteiger partial charge < -0.3 is 15.1 Å². The van der Waals surface area contributed by atoms with Gasteiger partial charge in [0.2, 0.25) is 5.91 Å². The molecule has 4 rings (SSSR count). The number of amides is 2. The maximum atomic E-state index is 13.1. The van der Waals surface area contributed by atoms with Crippen LogP contribution in [-0.4, -0.2) is 42.9 Å². The van der Waals surface area contributed by atoms with Gasteiger partial charge in [-0.3, -0.25) is 9.59 Å². The number of halogens is 1. The molecule has 2 amide bonds. The van der Waals surface area contributed by atoms with Gasteiger partial charge in [-0.05, 0) is 29.7 Å². The molecule has 1 N–H and O–H groups in total. The minimum Gasteiger partial charge on any atom is -0.366 e. The van der Waals surface area contributed by atoms with Gasteiger partial charge in [-0.2, -0.15) is 0 Å². The first-order chi connectivity index (χ1) is 14.6. The number of para-hydroxylation sites is 2. The van der Waals surface area contributed by atoms with Crippen molar-refractivity contribution in [1.29, 1.82) is 0 Å². The Bertz CT molecular complexity index is 1090. The lowest BCUT2D eigenvalue weighted by atomic mass is 10.0. The molecule has 5 nitrogen and oxygen atoms in total. The van der Waals surface area contributed by atoms with Crippen LogP contribution in [0.15, 0.2) is 60.7 Å². The molecule has 0 unspecified atom stereocenters. The summed E-state index contributed by atoms with van der Waals surface area (Å²) in [4.78, 5) is 29.2. The predicted molar refractivity (Wildman–Crippen MR) is 122 cm³/mol. The van der Waals surface area contributed by atoms with E-state index in [0.29, 0.717) is 30.1 Å². The fraction of sp³-hybridized carbons (Fsp3) is 0.250. The van der Waals surface area contributed by atoms with Gasteiger partial charge >= 0.3 is 0 Å². The normalized spacial score (nSPS) is 14.1. The largest absolute Gasteiger partial charge is 0.366 e. The smallest absolute Gasteiger partial charge is 0.256 e. The second-order valence-electron chi connectivity index (χ2n) is 7.33. The molecular weight excluding hydrogens is 398 g/mol. The predicted octanol–water partition coefficient (Wildman–Crippen LogP) is 4.80. The number of carbonyl (C=O) groups is 2. The van der Waals surface area contributed by atoms with Crippen molar-refractivity contribution in [3.63, 3.8) is 0 Å². The summed E-state index contributed by atoms with van der Waals surface area (Å²) >= 11 is 6.30. The van der Waals surface area contributed by atoms with Crippen molar-refractivity contribution in [2.75, 3.05) is 36.4 Å². The molecule has 0 atom stereocenters. The lowest BCUT2D eigenvalue weighted by Gasteiger charge is -2.36. The minimum absolute atomic E-state index is 0.171.